The van der Waals surface area contributed by atoms with Crippen molar-refractivity contribution in [3.05, 3.63) is 83.7 Å². The molecule has 0 atom stereocenters. The number of hydrogen-bond acceptors (Lipinski definition) is 2. The molecule has 4 aromatic rings. The molecule has 0 radical (unpaired) electrons. The van der Waals surface area contributed by atoms with Gasteiger partial charge in [0.1, 0.15) is 0 Å². The molecule has 2 heteroatoms. The van der Waals surface area contributed by atoms with Gasteiger partial charge in [-0.2, -0.15) is 0 Å². The lowest BCUT2D eigenvalue weighted by Crippen LogP contribution is -1.79. The zero-order valence-corrected chi connectivity index (χ0v) is 14.5. The van der Waals surface area contributed by atoms with Crippen LogP contribution in [0.4, 0.5) is 0 Å². The molecule has 2 aromatic carbocycles. The summed E-state index contributed by atoms with van der Waals surface area (Å²) in [6.45, 7) is 2.12. The summed E-state index contributed by atoms with van der Waals surface area (Å²) in [7, 11) is 0. The molecule has 0 aliphatic carbocycles. The van der Waals surface area contributed by atoms with Crippen LogP contribution in [0.5, 0.6) is 0 Å². The molecule has 0 amide bonds. The van der Waals surface area contributed by atoms with Gasteiger partial charge in [0.25, 0.3) is 0 Å². The molecule has 0 unspecified atom stereocenters. The summed E-state index contributed by atoms with van der Waals surface area (Å²) in [5.74, 6) is 0. The Morgan fingerprint density at radius 3 is 1.83 bits per heavy atom. The highest BCUT2D eigenvalue weighted by atomic mass is 32.1. The molecule has 0 N–H and O–H groups in total. The largest absolute Gasteiger partial charge is 0.143 e. The van der Waals surface area contributed by atoms with Crippen molar-refractivity contribution in [2.24, 2.45) is 0 Å². The molecule has 2 aromatic heterocycles. The molecule has 0 saturated heterocycles. The third kappa shape index (κ3) is 3.00. The van der Waals surface area contributed by atoms with Crippen LogP contribution in [0.25, 0.3) is 31.3 Å². The van der Waals surface area contributed by atoms with E-state index < -0.39 is 0 Å². The first-order valence-electron chi connectivity index (χ1n) is 7.61. The molecule has 0 spiro atoms. The Bertz CT molecular complexity index is 895. The van der Waals surface area contributed by atoms with Crippen molar-refractivity contribution in [2.75, 3.05) is 0 Å². The number of thiophene rings is 2. The highest BCUT2D eigenvalue weighted by molar-refractivity contribution is 7.23. The first kappa shape index (κ1) is 14.4. The fraction of sp³-hybridized carbons (Fsp3) is 0.0476. The van der Waals surface area contributed by atoms with Gasteiger partial charge in [0.15, 0.2) is 0 Å². The summed E-state index contributed by atoms with van der Waals surface area (Å²) in [6, 6.07) is 26.3. The topological polar surface area (TPSA) is 0 Å². The lowest BCUT2D eigenvalue weighted by Gasteiger charge is -2.04. The maximum atomic E-state index is 2.22. The van der Waals surface area contributed by atoms with Gasteiger partial charge in [-0.05, 0) is 47.2 Å². The van der Waals surface area contributed by atoms with Gasteiger partial charge >= 0.3 is 0 Å². The average molecular weight is 332 g/mol. The van der Waals surface area contributed by atoms with E-state index in [0.29, 0.717) is 0 Å². The lowest BCUT2D eigenvalue weighted by atomic mass is 10.0. The summed E-state index contributed by atoms with van der Waals surface area (Å²) in [5.41, 5.74) is 5.12. The Kier molecular flexibility index (Phi) is 3.86. The van der Waals surface area contributed by atoms with E-state index in [-0.39, 0.29) is 0 Å². The van der Waals surface area contributed by atoms with E-state index in [0.717, 1.165) is 0 Å². The van der Waals surface area contributed by atoms with Crippen LogP contribution in [0.1, 0.15) is 5.56 Å². The second kappa shape index (κ2) is 6.15. The first-order valence-corrected chi connectivity index (χ1v) is 9.30. The van der Waals surface area contributed by atoms with E-state index >= 15 is 0 Å². The number of hydrogen-bond donors (Lipinski definition) is 0. The summed E-state index contributed by atoms with van der Waals surface area (Å²) < 4.78 is 0. The SMILES string of the molecule is Cc1ccc(-c2ccc(-c3ccc(-c4cccs4)s3)cc2)cc1. The van der Waals surface area contributed by atoms with Crippen molar-refractivity contribution in [2.45, 2.75) is 6.92 Å². The van der Waals surface area contributed by atoms with Crippen molar-refractivity contribution in [3.8, 4) is 31.3 Å². The fourth-order valence-electron chi connectivity index (χ4n) is 2.62. The van der Waals surface area contributed by atoms with Crippen molar-refractivity contribution in [1.29, 1.82) is 0 Å². The van der Waals surface area contributed by atoms with Crippen molar-refractivity contribution < 1.29 is 0 Å². The predicted octanol–water partition coefficient (Wildman–Crippen LogP) is 7.12. The lowest BCUT2D eigenvalue weighted by molar-refractivity contribution is 1.47. The monoisotopic (exact) mass is 332 g/mol. The van der Waals surface area contributed by atoms with E-state index in [2.05, 4.69) is 85.1 Å². The molecule has 0 aliphatic rings. The molecule has 2 heterocycles. The summed E-state index contributed by atoms with van der Waals surface area (Å²) in [4.78, 5) is 4.01. The second-order valence-corrected chi connectivity index (χ2v) is 7.62. The van der Waals surface area contributed by atoms with Gasteiger partial charge in [0.2, 0.25) is 0 Å². The van der Waals surface area contributed by atoms with E-state index in [1.807, 2.05) is 11.3 Å². The Hall–Kier alpha value is -2.16. The van der Waals surface area contributed by atoms with Gasteiger partial charge in [-0.25, -0.2) is 0 Å². The Morgan fingerprint density at radius 2 is 1.17 bits per heavy atom. The van der Waals surface area contributed by atoms with E-state index in [4.69, 9.17) is 0 Å². The van der Waals surface area contributed by atoms with E-state index in [1.54, 1.807) is 11.3 Å². The minimum absolute atomic E-state index is 1.27. The number of aryl methyl sites for hydroxylation is 1. The Labute approximate surface area is 144 Å². The van der Waals surface area contributed by atoms with Crippen LogP contribution < -0.4 is 0 Å². The van der Waals surface area contributed by atoms with Crippen LogP contribution in [0.2, 0.25) is 0 Å². The molecule has 23 heavy (non-hydrogen) atoms. The third-order valence-corrected chi connectivity index (χ3v) is 6.12. The fourth-order valence-corrected chi connectivity index (χ4v) is 4.46. The third-order valence-electron chi connectivity index (χ3n) is 3.92. The van der Waals surface area contributed by atoms with Crippen LogP contribution >= 0.6 is 22.7 Å². The maximum Gasteiger partial charge on any atom is 0.0449 e. The average Bonchev–Trinajstić information content (AvgIpc) is 3.27. The van der Waals surface area contributed by atoms with Gasteiger partial charge in [0.05, 0.1) is 0 Å². The van der Waals surface area contributed by atoms with Gasteiger partial charge in [-0.15, -0.1) is 22.7 Å². The standard InChI is InChI=1S/C21H16S2/c1-15-4-6-16(7-5-15)17-8-10-18(11-9-17)19-12-13-21(23-19)20-3-2-14-22-20/h2-14H,1H3. The normalized spacial score (nSPS) is 10.8. The Balaban J connectivity index is 1.62. The zero-order chi connectivity index (χ0) is 15.6. The molecular weight excluding hydrogens is 316 g/mol. The predicted molar refractivity (Wildman–Crippen MR) is 103 cm³/mol. The molecule has 0 bridgehead atoms. The molecule has 4 rings (SSSR count). The minimum Gasteiger partial charge on any atom is -0.143 e. The molecule has 112 valence electrons. The minimum atomic E-state index is 1.27. The van der Waals surface area contributed by atoms with Crippen LogP contribution in [0.15, 0.2) is 78.2 Å². The molecule has 0 nitrogen and oxygen atoms in total. The molecule has 0 fully saturated rings. The van der Waals surface area contributed by atoms with Gasteiger partial charge in [-0.1, -0.05) is 60.2 Å². The van der Waals surface area contributed by atoms with Crippen molar-refractivity contribution >= 4 is 22.7 Å². The van der Waals surface area contributed by atoms with Crippen molar-refractivity contribution in [1.82, 2.24) is 0 Å². The van der Waals surface area contributed by atoms with E-state index in [9.17, 15) is 0 Å². The van der Waals surface area contributed by atoms with Crippen LogP contribution in [0.3, 0.4) is 0 Å². The van der Waals surface area contributed by atoms with Crippen LogP contribution in [0, 0.1) is 6.92 Å². The summed E-state index contributed by atoms with van der Waals surface area (Å²) in [6.07, 6.45) is 0. The van der Waals surface area contributed by atoms with E-state index in [1.165, 1.54) is 36.9 Å². The maximum absolute atomic E-state index is 2.22. The molecule has 0 saturated carbocycles. The highest BCUT2D eigenvalue weighted by Gasteiger charge is 2.06. The molecular formula is C21H16S2. The number of benzene rings is 2. The summed E-state index contributed by atoms with van der Waals surface area (Å²) >= 11 is 3.65. The molecule has 0 aliphatic heterocycles. The van der Waals surface area contributed by atoms with Gasteiger partial charge in [-0.3, -0.25) is 0 Å². The van der Waals surface area contributed by atoms with Gasteiger partial charge in [0, 0.05) is 14.6 Å². The summed E-state index contributed by atoms with van der Waals surface area (Å²) in [5, 5.41) is 2.13. The second-order valence-electron chi connectivity index (χ2n) is 5.58. The quantitative estimate of drug-likeness (QED) is 0.375. The number of rotatable bonds is 3. The smallest absolute Gasteiger partial charge is 0.0449 e. The Morgan fingerprint density at radius 1 is 0.565 bits per heavy atom. The van der Waals surface area contributed by atoms with Gasteiger partial charge < -0.3 is 0 Å². The highest BCUT2D eigenvalue weighted by Crippen LogP contribution is 2.37. The zero-order valence-electron chi connectivity index (χ0n) is 12.8. The van der Waals surface area contributed by atoms with Crippen molar-refractivity contribution in [3.63, 3.8) is 0 Å². The first-order chi connectivity index (χ1) is 11.3. The van der Waals surface area contributed by atoms with Crippen LogP contribution in [-0.2, 0) is 0 Å². The van der Waals surface area contributed by atoms with Crippen LogP contribution in [-0.4, -0.2) is 0 Å².